The summed E-state index contributed by atoms with van der Waals surface area (Å²) in [5.41, 5.74) is 1.25. The first-order valence-electron chi connectivity index (χ1n) is 9.83. The topological polar surface area (TPSA) is 70.7 Å². The smallest absolute Gasteiger partial charge is 0.378 e. The summed E-state index contributed by atoms with van der Waals surface area (Å²) in [6.45, 7) is 2.65. The number of hydrogen-bond donors (Lipinski definition) is 0. The number of fused-ring (bicyclic) bond motifs is 3. The van der Waals surface area contributed by atoms with Gasteiger partial charge in [-0.15, -0.1) is 5.10 Å². The van der Waals surface area contributed by atoms with Crippen molar-refractivity contribution in [2.45, 2.75) is 44.6 Å². The molecule has 0 aliphatic carbocycles. The second kappa shape index (κ2) is 7.45. The van der Waals surface area contributed by atoms with Crippen LogP contribution in [0.4, 0.5) is 13.2 Å². The molecule has 0 spiro atoms. The molecule has 0 bridgehead atoms. The van der Waals surface area contributed by atoms with E-state index in [2.05, 4.69) is 19.9 Å². The van der Waals surface area contributed by atoms with Gasteiger partial charge in [0.05, 0.1) is 29.5 Å². The van der Waals surface area contributed by atoms with Crippen LogP contribution in [0.3, 0.4) is 0 Å². The number of nitrogens with zero attached hydrogens (tertiary/aromatic N) is 6. The molecule has 11 heteroatoms. The summed E-state index contributed by atoms with van der Waals surface area (Å²) in [6, 6.07) is 5.52. The summed E-state index contributed by atoms with van der Waals surface area (Å²) in [4.78, 5) is 9.17. The second-order valence-corrected chi connectivity index (χ2v) is 8.15. The van der Waals surface area contributed by atoms with Crippen LogP contribution >= 0.6 is 11.6 Å². The lowest BCUT2D eigenvalue weighted by molar-refractivity contribution is -0.141. The van der Waals surface area contributed by atoms with Crippen LogP contribution in [-0.4, -0.2) is 42.2 Å². The van der Waals surface area contributed by atoms with E-state index in [1.807, 2.05) is 19.1 Å². The zero-order chi connectivity index (χ0) is 21.8. The molecule has 1 aliphatic rings. The van der Waals surface area contributed by atoms with Gasteiger partial charge in [-0.05, 0) is 38.0 Å². The molecule has 4 aromatic rings. The maximum atomic E-state index is 13.0. The van der Waals surface area contributed by atoms with E-state index < -0.39 is 11.9 Å². The van der Waals surface area contributed by atoms with E-state index in [9.17, 15) is 13.2 Å². The van der Waals surface area contributed by atoms with Crippen LogP contribution in [-0.2, 0) is 17.5 Å². The van der Waals surface area contributed by atoms with Gasteiger partial charge in [-0.2, -0.15) is 13.2 Å². The largest absolute Gasteiger partial charge is 0.436 e. The number of halogens is 4. The lowest BCUT2D eigenvalue weighted by Crippen LogP contribution is -2.27. The minimum absolute atomic E-state index is 0.0472. The Hall–Kier alpha value is -2.72. The van der Waals surface area contributed by atoms with Gasteiger partial charge in [-0.1, -0.05) is 16.8 Å². The van der Waals surface area contributed by atoms with E-state index in [4.69, 9.17) is 21.3 Å². The molecule has 31 heavy (non-hydrogen) atoms. The first-order chi connectivity index (χ1) is 14.8. The third kappa shape index (κ3) is 3.74. The minimum atomic E-state index is -4.55. The number of ether oxygens (including phenoxy) is 1. The summed E-state index contributed by atoms with van der Waals surface area (Å²) < 4.78 is 47.8. The molecule has 7 nitrogen and oxygen atoms in total. The van der Waals surface area contributed by atoms with Gasteiger partial charge in [0.25, 0.3) is 0 Å². The molecule has 2 atom stereocenters. The number of imidazole rings is 1. The van der Waals surface area contributed by atoms with Gasteiger partial charge in [0.1, 0.15) is 17.9 Å². The van der Waals surface area contributed by atoms with Crippen molar-refractivity contribution in [2.24, 2.45) is 0 Å². The van der Waals surface area contributed by atoms with Gasteiger partial charge in [0, 0.05) is 23.1 Å². The standard InChI is InChI=1S/C20H18ClF3N6O/c1-11-6-13(4-5-31-11)30-18(10-29-9-17(27-28-29)20(22,23)24)26-16-8-25-15-3-2-12(21)7-14(15)19(16)30/h2-3,7-9,11,13H,4-6,10H2,1H3/t11-,13-/m1/s1. The van der Waals surface area contributed by atoms with Crippen molar-refractivity contribution in [1.82, 2.24) is 29.5 Å². The van der Waals surface area contributed by atoms with E-state index in [0.29, 0.717) is 23.0 Å². The third-order valence-corrected chi connectivity index (χ3v) is 5.74. The number of pyridine rings is 1. The van der Waals surface area contributed by atoms with Crippen molar-refractivity contribution in [2.75, 3.05) is 6.61 Å². The number of hydrogen-bond acceptors (Lipinski definition) is 5. The van der Waals surface area contributed by atoms with Crippen molar-refractivity contribution in [3.8, 4) is 0 Å². The minimum Gasteiger partial charge on any atom is -0.378 e. The van der Waals surface area contributed by atoms with Crippen LogP contribution in [0.2, 0.25) is 5.02 Å². The highest BCUT2D eigenvalue weighted by Crippen LogP contribution is 2.34. The lowest BCUT2D eigenvalue weighted by atomic mass is 10.0. The van der Waals surface area contributed by atoms with E-state index >= 15 is 0 Å². The van der Waals surface area contributed by atoms with Gasteiger partial charge in [0.15, 0.2) is 5.69 Å². The first kappa shape index (κ1) is 20.2. The Balaban J connectivity index is 1.68. The maximum absolute atomic E-state index is 13.0. The van der Waals surface area contributed by atoms with Crippen molar-refractivity contribution >= 4 is 33.5 Å². The van der Waals surface area contributed by atoms with Gasteiger partial charge in [-0.25, -0.2) is 9.67 Å². The van der Waals surface area contributed by atoms with Crippen molar-refractivity contribution < 1.29 is 17.9 Å². The number of benzene rings is 1. The summed E-state index contributed by atoms with van der Waals surface area (Å²) in [7, 11) is 0. The van der Waals surface area contributed by atoms with E-state index in [0.717, 1.165) is 40.1 Å². The fourth-order valence-corrected chi connectivity index (χ4v) is 4.33. The van der Waals surface area contributed by atoms with Crippen molar-refractivity contribution in [3.05, 3.63) is 47.1 Å². The Labute approximate surface area is 179 Å². The third-order valence-electron chi connectivity index (χ3n) is 5.51. The molecule has 0 radical (unpaired) electrons. The molecular formula is C20H18ClF3N6O. The molecule has 0 saturated carbocycles. The highest BCUT2D eigenvalue weighted by Gasteiger charge is 2.35. The Morgan fingerprint density at radius 3 is 2.84 bits per heavy atom. The highest BCUT2D eigenvalue weighted by molar-refractivity contribution is 6.31. The lowest BCUT2D eigenvalue weighted by Gasteiger charge is -2.30. The molecule has 1 aromatic carbocycles. The average Bonchev–Trinajstić information content (AvgIpc) is 3.32. The summed E-state index contributed by atoms with van der Waals surface area (Å²) in [6.07, 6.45) is -0.401. The predicted octanol–water partition coefficient (Wildman–Crippen LogP) is 4.64. The van der Waals surface area contributed by atoms with Crippen LogP contribution in [0, 0.1) is 0 Å². The number of rotatable bonds is 3. The van der Waals surface area contributed by atoms with Crippen LogP contribution in [0.15, 0.2) is 30.6 Å². The maximum Gasteiger partial charge on any atom is 0.436 e. The zero-order valence-electron chi connectivity index (χ0n) is 16.5. The average molecular weight is 451 g/mol. The second-order valence-electron chi connectivity index (χ2n) is 7.71. The van der Waals surface area contributed by atoms with Gasteiger partial charge < -0.3 is 9.30 Å². The predicted molar refractivity (Wildman–Crippen MR) is 108 cm³/mol. The Morgan fingerprint density at radius 1 is 1.26 bits per heavy atom. The van der Waals surface area contributed by atoms with Gasteiger partial charge in [-0.3, -0.25) is 4.98 Å². The molecule has 162 valence electrons. The molecular weight excluding hydrogens is 433 g/mol. The van der Waals surface area contributed by atoms with Crippen LogP contribution in [0.1, 0.15) is 37.3 Å². The Bertz CT molecular complexity index is 1270. The van der Waals surface area contributed by atoms with Crippen molar-refractivity contribution in [3.63, 3.8) is 0 Å². The molecule has 1 fully saturated rings. The molecule has 1 aliphatic heterocycles. The molecule has 3 aromatic heterocycles. The Morgan fingerprint density at radius 2 is 2.10 bits per heavy atom. The number of aromatic nitrogens is 6. The van der Waals surface area contributed by atoms with Gasteiger partial charge in [0.2, 0.25) is 0 Å². The summed E-state index contributed by atoms with van der Waals surface area (Å²) in [5, 5.41) is 8.33. The van der Waals surface area contributed by atoms with E-state index in [1.165, 1.54) is 0 Å². The van der Waals surface area contributed by atoms with E-state index in [-0.39, 0.29) is 18.7 Å². The normalized spacial score (nSPS) is 20.0. The molecule has 5 rings (SSSR count). The Kier molecular flexibility index (Phi) is 4.86. The fourth-order valence-electron chi connectivity index (χ4n) is 4.16. The van der Waals surface area contributed by atoms with Crippen molar-refractivity contribution in [1.29, 1.82) is 0 Å². The molecule has 1 saturated heterocycles. The first-order valence-corrected chi connectivity index (χ1v) is 10.2. The van der Waals surface area contributed by atoms with E-state index in [1.54, 1.807) is 12.3 Å². The fraction of sp³-hybridized carbons (Fsp3) is 0.400. The van der Waals surface area contributed by atoms with Crippen LogP contribution in [0.25, 0.3) is 21.9 Å². The highest BCUT2D eigenvalue weighted by atomic mass is 35.5. The SMILES string of the molecule is C[C@@H]1C[C@H](n2c(Cn3cc(C(F)(F)F)nn3)nc3cnc4ccc(Cl)cc4c32)CCO1. The summed E-state index contributed by atoms with van der Waals surface area (Å²) >= 11 is 6.26. The summed E-state index contributed by atoms with van der Waals surface area (Å²) in [5.74, 6) is 0.585. The molecule has 0 amide bonds. The molecule has 4 heterocycles. The van der Waals surface area contributed by atoms with Crippen LogP contribution in [0.5, 0.6) is 0 Å². The molecule has 0 N–H and O–H groups in total. The number of alkyl halides is 3. The quantitative estimate of drug-likeness (QED) is 0.455. The van der Waals surface area contributed by atoms with Crippen LogP contribution < -0.4 is 0 Å². The molecule has 0 unspecified atom stereocenters. The zero-order valence-corrected chi connectivity index (χ0v) is 17.2. The monoisotopic (exact) mass is 450 g/mol. The van der Waals surface area contributed by atoms with Gasteiger partial charge >= 0.3 is 6.18 Å².